The van der Waals surface area contributed by atoms with Crippen LogP contribution < -0.4 is 0 Å². The van der Waals surface area contributed by atoms with Gasteiger partial charge in [-0.2, -0.15) is 9.78 Å². The normalized spacial score (nSPS) is 14.2. The Bertz CT molecular complexity index is 603. The SMILES string of the molecule is CC1=Nn2c(Cc3ccc(O)cc3)nnc2SC1. The molecule has 2 heterocycles. The Kier molecular flexibility index (Phi) is 2.79. The van der Waals surface area contributed by atoms with Gasteiger partial charge in [-0.25, -0.2) is 0 Å². The van der Waals surface area contributed by atoms with Gasteiger partial charge in [-0.1, -0.05) is 23.9 Å². The van der Waals surface area contributed by atoms with Gasteiger partial charge in [-0.05, 0) is 24.6 Å². The minimum atomic E-state index is 0.270. The van der Waals surface area contributed by atoms with Crippen molar-refractivity contribution in [2.24, 2.45) is 5.10 Å². The van der Waals surface area contributed by atoms with Gasteiger partial charge in [0.15, 0.2) is 5.82 Å². The predicted molar refractivity (Wildman–Crippen MR) is 70.2 cm³/mol. The molecular formula is C12H12N4OS. The van der Waals surface area contributed by atoms with Gasteiger partial charge in [0.05, 0.1) is 0 Å². The van der Waals surface area contributed by atoms with Gasteiger partial charge in [0.25, 0.3) is 0 Å². The van der Waals surface area contributed by atoms with Crippen LogP contribution in [0.5, 0.6) is 5.75 Å². The third-order valence-corrected chi connectivity index (χ3v) is 3.73. The first-order valence-corrected chi connectivity index (χ1v) is 6.60. The Morgan fingerprint density at radius 2 is 2.06 bits per heavy atom. The fourth-order valence-corrected chi connectivity index (χ4v) is 2.52. The van der Waals surface area contributed by atoms with Crippen LogP contribution in [0.2, 0.25) is 0 Å². The van der Waals surface area contributed by atoms with Gasteiger partial charge in [0.1, 0.15) is 5.75 Å². The topological polar surface area (TPSA) is 63.3 Å². The molecule has 1 aliphatic rings. The van der Waals surface area contributed by atoms with Gasteiger partial charge in [-0.3, -0.25) is 0 Å². The third-order valence-electron chi connectivity index (χ3n) is 2.66. The van der Waals surface area contributed by atoms with Crippen molar-refractivity contribution in [3.8, 4) is 5.75 Å². The van der Waals surface area contributed by atoms with Crippen molar-refractivity contribution in [3.63, 3.8) is 0 Å². The molecule has 0 saturated heterocycles. The maximum Gasteiger partial charge on any atom is 0.212 e. The van der Waals surface area contributed by atoms with Crippen LogP contribution in [0.25, 0.3) is 0 Å². The number of nitrogens with zero attached hydrogens (tertiary/aromatic N) is 4. The van der Waals surface area contributed by atoms with Crippen molar-refractivity contribution < 1.29 is 5.11 Å². The molecule has 0 aliphatic carbocycles. The highest BCUT2D eigenvalue weighted by Gasteiger charge is 2.16. The summed E-state index contributed by atoms with van der Waals surface area (Å²) in [7, 11) is 0. The zero-order valence-corrected chi connectivity index (χ0v) is 10.7. The molecule has 1 aromatic heterocycles. The van der Waals surface area contributed by atoms with Gasteiger partial charge in [0.2, 0.25) is 5.16 Å². The van der Waals surface area contributed by atoms with E-state index in [4.69, 9.17) is 0 Å². The summed E-state index contributed by atoms with van der Waals surface area (Å²) < 4.78 is 1.80. The summed E-state index contributed by atoms with van der Waals surface area (Å²) in [4.78, 5) is 0. The van der Waals surface area contributed by atoms with Crippen molar-refractivity contribution in [2.45, 2.75) is 18.5 Å². The van der Waals surface area contributed by atoms with Gasteiger partial charge in [-0.15, -0.1) is 10.2 Å². The second-order valence-electron chi connectivity index (χ2n) is 4.18. The molecule has 92 valence electrons. The average molecular weight is 260 g/mol. The number of hydrogen-bond acceptors (Lipinski definition) is 5. The van der Waals surface area contributed by atoms with E-state index in [1.54, 1.807) is 28.6 Å². The molecule has 2 aromatic rings. The minimum absolute atomic E-state index is 0.270. The lowest BCUT2D eigenvalue weighted by Gasteiger charge is -2.10. The maximum atomic E-state index is 9.25. The molecule has 0 spiro atoms. The fraction of sp³-hybridized carbons (Fsp3) is 0.250. The fourth-order valence-electron chi connectivity index (χ4n) is 1.76. The number of phenols is 1. The molecule has 18 heavy (non-hydrogen) atoms. The van der Waals surface area contributed by atoms with E-state index in [9.17, 15) is 5.11 Å². The molecule has 1 aliphatic heterocycles. The highest BCUT2D eigenvalue weighted by molar-refractivity contribution is 7.99. The first-order valence-electron chi connectivity index (χ1n) is 5.62. The summed E-state index contributed by atoms with van der Waals surface area (Å²) in [5.74, 6) is 1.96. The molecule has 0 radical (unpaired) electrons. The summed E-state index contributed by atoms with van der Waals surface area (Å²) in [6, 6.07) is 7.10. The maximum absolute atomic E-state index is 9.25. The zero-order chi connectivity index (χ0) is 12.5. The number of rotatable bonds is 2. The monoisotopic (exact) mass is 260 g/mol. The molecule has 3 rings (SSSR count). The van der Waals surface area contributed by atoms with Crippen LogP contribution in [-0.4, -0.2) is 31.4 Å². The smallest absolute Gasteiger partial charge is 0.212 e. The number of thioether (sulfide) groups is 1. The Hall–Kier alpha value is -1.82. The lowest BCUT2D eigenvalue weighted by molar-refractivity contribution is 0.475. The van der Waals surface area contributed by atoms with Gasteiger partial charge in [0, 0.05) is 17.9 Å². The summed E-state index contributed by atoms with van der Waals surface area (Å²) >= 11 is 1.65. The van der Waals surface area contributed by atoms with E-state index < -0.39 is 0 Å². The lowest BCUT2D eigenvalue weighted by atomic mass is 10.1. The van der Waals surface area contributed by atoms with Crippen LogP contribution >= 0.6 is 11.8 Å². The van der Waals surface area contributed by atoms with Crippen molar-refractivity contribution in [2.75, 3.05) is 5.75 Å². The van der Waals surface area contributed by atoms with Crippen LogP contribution in [-0.2, 0) is 6.42 Å². The highest BCUT2D eigenvalue weighted by Crippen LogP contribution is 2.23. The molecule has 0 saturated carbocycles. The number of phenolic OH excluding ortho intramolecular Hbond substituents is 1. The number of fused-ring (bicyclic) bond motifs is 1. The highest BCUT2D eigenvalue weighted by atomic mass is 32.2. The molecule has 1 aromatic carbocycles. The van der Waals surface area contributed by atoms with Crippen LogP contribution in [0, 0.1) is 0 Å². The molecule has 0 amide bonds. The summed E-state index contributed by atoms with van der Waals surface area (Å²) in [5, 5.41) is 22.8. The molecule has 6 heteroatoms. The number of hydrogen-bond donors (Lipinski definition) is 1. The quantitative estimate of drug-likeness (QED) is 0.895. The molecule has 0 bridgehead atoms. The zero-order valence-electron chi connectivity index (χ0n) is 9.87. The Morgan fingerprint density at radius 1 is 1.28 bits per heavy atom. The first-order chi connectivity index (χ1) is 8.72. The van der Waals surface area contributed by atoms with Crippen molar-refractivity contribution in [3.05, 3.63) is 35.7 Å². The van der Waals surface area contributed by atoms with Crippen molar-refractivity contribution >= 4 is 17.5 Å². The number of benzene rings is 1. The van der Waals surface area contributed by atoms with E-state index in [0.717, 1.165) is 28.0 Å². The van der Waals surface area contributed by atoms with E-state index >= 15 is 0 Å². The Morgan fingerprint density at radius 3 is 2.83 bits per heavy atom. The second kappa shape index (κ2) is 4.45. The predicted octanol–water partition coefficient (Wildman–Crippen LogP) is 1.90. The molecule has 0 atom stereocenters. The lowest BCUT2D eigenvalue weighted by Crippen LogP contribution is -2.10. The summed E-state index contributed by atoms with van der Waals surface area (Å²) in [5.41, 5.74) is 2.14. The van der Waals surface area contributed by atoms with Gasteiger partial charge < -0.3 is 5.11 Å². The Labute approximate surface area is 109 Å². The van der Waals surface area contributed by atoms with E-state index in [0.29, 0.717) is 6.42 Å². The minimum Gasteiger partial charge on any atom is -0.508 e. The van der Waals surface area contributed by atoms with E-state index in [1.807, 2.05) is 19.1 Å². The van der Waals surface area contributed by atoms with Crippen LogP contribution in [0.4, 0.5) is 0 Å². The van der Waals surface area contributed by atoms with Crippen molar-refractivity contribution in [1.82, 2.24) is 14.9 Å². The summed E-state index contributed by atoms with van der Waals surface area (Å²) in [6.45, 7) is 2.00. The standard InChI is InChI=1S/C12H12N4OS/c1-8-7-18-12-14-13-11(16(12)15-8)6-9-2-4-10(17)5-3-9/h2-5,17H,6-7H2,1H3. The number of aromatic hydroxyl groups is 1. The van der Waals surface area contributed by atoms with Gasteiger partial charge >= 0.3 is 0 Å². The second-order valence-corrected chi connectivity index (χ2v) is 5.12. The molecule has 0 fully saturated rings. The molecule has 5 nitrogen and oxygen atoms in total. The van der Waals surface area contributed by atoms with Crippen molar-refractivity contribution in [1.29, 1.82) is 0 Å². The molecule has 1 N–H and O–H groups in total. The van der Waals surface area contributed by atoms with E-state index in [2.05, 4.69) is 15.3 Å². The van der Waals surface area contributed by atoms with Crippen LogP contribution in [0.15, 0.2) is 34.5 Å². The average Bonchev–Trinajstić information content (AvgIpc) is 2.75. The third kappa shape index (κ3) is 2.11. The van der Waals surface area contributed by atoms with Crippen LogP contribution in [0.1, 0.15) is 18.3 Å². The van der Waals surface area contributed by atoms with Crippen LogP contribution in [0.3, 0.4) is 0 Å². The number of aromatic nitrogens is 3. The Balaban J connectivity index is 1.91. The molecule has 0 unspecified atom stereocenters. The first kappa shape index (κ1) is 11.3. The largest absolute Gasteiger partial charge is 0.508 e. The molecular weight excluding hydrogens is 248 g/mol. The van der Waals surface area contributed by atoms with E-state index in [-0.39, 0.29) is 5.75 Å². The van der Waals surface area contributed by atoms with E-state index in [1.165, 1.54) is 0 Å². The summed E-state index contributed by atoms with van der Waals surface area (Å²) in [6.07, 6.45) is 0.657.